The monoisotopic (exact) mass is 411 g/mol. The lowest BCUT2D eigenvalue weighted by Gasteiger charge is -2.13. The summed E-state index contributed by atoms with van der Waals surface area (Å²) in [6.07, 6.45) is 5.36. The van der Waals surface area contributed by atoms with Crippen LogP contribution in [-0.2, 0) is 27.8 Å². The van der Waals surface area contributed by atoms with Crippen LogP contribution in [0.3, 0.4) is 0 Å². The van der Waals surface area contributed by atoms with Gasteiger partial charge in [0.2, 0.25) is 5.91 Å². The molecule has 1 amide bonds. The van der Waals surface area contributed by atoms with E-state index in [9.17, 15) is 13.2 Å². The van der Waals surface area contributed by atoms with E-state index >= 15 is 0 Å². The van der Waals surface area contributed by atoms with Gasteiger partial charge in [-0.15, -0.1) is 11.3 Å². The lowest BCUT2D eigenvalue weighted by Crippen LogP contribution is -2.27. The molecule has 0 aromatic carbocycles. The normalized spacial score (nSPS) is 15.5. The molecule has 0 radical (unpaired) electrons. The maximum absolute atomic E-state index is 12.6. The molecule has 2 aromatic heterocycles. The molecule has 0 atom stereocenters. The van der Waals surface area contributed by atoms with Crippen molar-refractivity contribution in [1.29, 1.82) is 0 Å². The van der Waals surface area contributed by atoms with E-state index < -0.39 is 10.0 Å². The van der Waals surface area contributed by atoms with Crippen LogP contribution in [-0.4, -0.2) is 67.0 Å². The van der Waals surface area contributed by atoms with Gasteiger partial charge in [-0.05, 0) is 39.1 Å². The number of anilines is 1. The van der Waals surface area contributed by atoms with Crippen molar-refractivity contribution >= 4 is 33.0 Å². The minimum Gasteiger partial charge on any atom is -0.323 e. The Morgan fingerprint density at radius 2 is 2.04 bits per heavy atom. The molecule has 0 unspecified atom stereocenters. The number of likely N-dealkylation sites (N-methyl/N-ethyl adjacent to an activating group) is 1. The van der Waals surface area contributed by atoms with Crippen molar-refractivity contribution in [2.75, 3.05) is 39.0 Å². The van der Waals surface area contributed by atoms with Crippen LogP contribution in [0.15, 0.2) is 28.7 Å². The Bertz CT molecular complexity index is 882. The zero-order valence-electron chi connectivity index (χ0n) is 15.6. The molecule has 1 N–H and O–H groups in total. The van der Waals surface area contributed by atoms with Gasteiger partial charge in [-0.1, -0.05) is 0 Å². The maximum atomic E-state index is 12.6. The van der Waals surface area contributed by atoms with Crippen molar-refractivity contribution in [1.82, 2.24) is 19.0 Å². The first-order valence-corrected chi connectivity index (χ1v) is 11.2. The molecule has 1 aliphatic heterocycles. The third kappa shape index (κ3) is 5.16. The summed E-state index contributed by atoms with van der Waals surface area (Å²) in [4.78, 5) is 15.0. The highest BCUT2D eigenvalue weighted by Gasteiger charge is 2.28. The van der Waals surface area contributed by atoms with Gasteiger partial charge in [0.05, 0.1) is 24.8 Å². The molecule has 0 bridgehead atoms. The lowest BCUT2D eigenvalue weighted by atomic mass is 10.3. The third-order valence-corrected chi connectivity index (χ3v) is 7.78. The van der Waals surface area contributed by atoms with E-state index in [4.69, 9.17) is 0 Å². The number of thiophene rings is 1. The van der Waals surface area contributed by atoms with Crippen molar-refractivity contribution in [2.45, 2.75) is 30.0 Å². The number of sulfonamides is 1. The second-order valence-corrected chi connectivity index (χ2v) is 10.2. The summed E-state index contributed by atoms with van der Waals surface area (Å²) in [5.74, 6) is -0.186. The molecule has 1 aliphatic rings. The topological polar surface area (TPSA) is 87.5 Å². The number of carbonyl (C=O) groups is 1. The Balaban J connectivity index is 1.56. The summed E-state index contributed by atoms with van der Waals surface area (Å²) in [6.45, 7) is 2.76. The van der Waals surface area contributed by atoms with Gasteiger partial charge >= 0.3 is 0 Å². The van der Waals surface area contributed by atoms with Crippen LogP contribution >= 0.6 is 11.3 Å². The summed E-state index contributed by atoms with van der Waals surface area (Å²) >= 11 is 1.17. The predicted octanol–water partition coefficient (Wildman–Crippen LogP) is 1.47. The van der Waals surface area contributed by atoms with Crippen molar-refractivity contribution < 1.29 is 13.2 Å². The van der Waals surface area contributed by atoms with Crippen LogP contribution in [0.2, 0.25) is 0 Å². The first kappa shape index (κ1) is 20.0. The van der Waals surface area contributed by atoms with Crippen LogP contribution in [0.5, 0.6) is 0 Å². The molecular weight excluding hydrogens is 386 g/mol. The van der Waals surface area contributed by atoms with Gasteiger partial charge in [-0.25, -0.2) is 8.42 Å². The highest BCUT2D eigenvalue weighted by atomic mass is 32.2. The lowest BCUT2D eigenvalue weighted by molar-refractivity contribution is -0.115. The highest BCUT2D eigenvalue weighted by Crippen LogP contribution is 2.27. The van der Waals surface area contributed by atoms with E-state index in [1.807, 2.05) is 14.1 Å². The van der Waals surface area contributed by atoms with Crippen LogP contribution in [0.1, 0.15) is 17.7 Å². The maximum Gasteiger partial charge on any atom is 0.252 e. The second-order valence-electron chi connectivity index (χ2n) is 6.85. The number of nitrogens with zero attached hydrogens (tertiary/aromatic N) is 4. The molecule has 10 heteroatoms. The van der Waals surface area contributed by atoms with Gasteiger partial charge in [0.15, 0.2) is 0 Å². The Morgan fingerprint density at radius 1 is 1.30 bits per heavy atom. The Kier molecular flexibility index (Phi) is 6.30. The fourth-order valence-electron chi connectivity index (χ4n) is 2.86. The molecule has 0 saturated carbocycles. The average Bonchev–Trinajstić information content (AvgIpc) is 3.35. The molecule has 2 aromatic rings. The van der Waals surface area contributed by atoms with E-state index in [0.29, 0.717) is 23.0 Å². The zero-order valence-corrected chi connectivity index (χ0v) is 17.2. The molecule has 148 valence electrons. The van der Waals surface area contributed by atoms with Gasteiger partial charge in [0, 0.05) is 30.7 Å². The quantitative estimate of drug-likeness (QED) is 0.711. The van der Waals surface area contributed by atoms with Crippen LogP contribution in [0, 0.1) is 0 Å². The number of carbonyl (C=O) groups excluding carboxylic acids is 1. The fourth-order valence-corrected chi connectivity index (χ4v) is 5.89. The molecule has 3 rings (SSSR count). The van der Waals surface area contributed by atoms with E-state index in [1.165, 1.54) is 15.6 Å². The fraction of sp³-hybridized carbons (Fsp3) is 0.529. The number of amides is 1. The Labute approximate surface area is 163 Å². The van der Waals surface area contributed by atoms with E-state index in [-0.39, 0.29) is 12.3 Å². The van der Waals surface area contributed by atoms with Crippen molar-refractivity contribution in [3.05, 3.63) is 29.4 Å². The summed E-state index contributed by atoms with van der Waals surface area (Å²) in [7, 11) is 0.563. The zero-order chi connectivity index (χ0) is 19.4. The molecule has 0 spiro atoms. The van der Waals surface area contributed by atoms with E-state index in [0.717, 1.165) is 30.8 Å². The molecule has 27 heavy (non-hydrogen) atoms. The van der Waals surface area contributed by atoms with Crippen molar-refractivity contribution in [3.63, 3.8) is 0 Å². The van der Waals surface area contributed by atoms with Crippen LogP contribution in [0.25, 0.3) is 0 Å². The smallest absolute Gasteiger partial charge is 0.252 e. The number of hydrogen-bond acceptors (Lipinski definition) is 6. The summed E-state index contributed by atoms with van der Waals surface area (Å²) in [6, 6.07) is 3.31. The summed E-state index contributed by atoms with van der Waals surface area (Å²) < 4.78 is 28.7. The Morgan fingerprint density at radius 3 is 2.74 bits per heavy atom. The Hall–Kier alpha value is -1.75. The highest BCUT2D eigenvalue weighted by molar-refractivity contribution is 7.91. The first-order valence-electron chi connectivity index (χ1n) is 8.90. The molecule has 8 nitrogen and oxygen atoms in total. The molecule has 1 saturated heterocycles. The number of rotatable bonds is 8. The minimum absolute atomic E-state index is 0.142. The second kappa shape index (κ2) is 8.51. The van der Waals surface area contributed by atoms with Gasteiger partial charge in [-0.3, -0.25) is 9.48 Å². The molecule has 3 heterocycles. The van der Waals surface area contributed by atoms with Crippen molar-refractivity contribution in [2.24, 2.45) is 0 Å². The molecule has 0 aliphatic carbocycles. The van der Waals surface area contributed by atoms with Crippen LogP contribution in [0.4, 0.5) is 5.69 Å². The van der Waals surface area contributed by atoms with Gasteiger partial charge in [0.25, 0.3) is 10.0 Å². The standard InChI is InChI=1S/C17H25N5O3S2/c1-20(2)9-10-21-13-14(12-18-21)19-16(23)11-15-5-6-17(26-15)27(24,25)22-7-3-4-8-22/h5-6,12-13H,3-4,7-11H2,1-2H3,(H,19,23). The first-order chi connectivity index (χ1) is 12.8. The molecular formula is C17H25N5O3S2. The van der Waals surface area contributed by atoms with Gasteiger partial charge in [-0.2, -0.15) is 9.40 Å². The number of nitrogens with one attached hydrogen (secondary N) is 1. The SMILES string of the molecule is CN(C)CCn1cc(NC(=O)Cc2ccc(S(=O)(=O)N3CCCC3)s2)cn1. The largest absolute Gasteiger partial charge is 0.323 e. The third-order valence-electron chi connectivity index (χ3n) is 4.32. The minimum atomic E-state index is -3.42. The van der Waals surface area contributed by atoms with Gasteiger partial charge < -0.3 is 10.2 Å². The van der Waals surface area contributed by atoms with E-state index in [2.05, 4.69) is 15.3 Å². The molecule has 1 fully saturated rings. The average molecular weight is 412 g/mol. The number of hydrogen-bond donors (Lipinski definition) is 1. The van der Waals surface area contributed by atoms with E-state index in [1.54, 1.807) is 29.2 Å². The number of aromatic nitrogens is 2. The predicted molar refractivity (Wildman–Crippen MR) is 105 cm³/mol. The summed E-state index contributed by atoms with van der Waals surface area (Å²) in [5.41, 5.74) is 0.639. The van der Waals surface area contributed by atoms with Gasteiger partial charge in [0.1, 0.15) is 4.21 Å². The van der Waals surface area contributed by atoms with Crippen LogP contribution < -0.4 is 5.32 Å². The van der Waals surface area contributed by atoms with Crippen molar-refractivity contribution in [3.8, 4) is 0 Å². The summed E-state index contributed by atoms with van der Waals surface area (Å²) in [5, 5.41) is 7.03.